The summed E-state index contributed by atoms with van der Waals surface area (Å²) >= 11 is 0. The second-order valence-electron chi connectivity index (χ2n) is 7.13. The van der Waals surface area contributed by atoms with Crippen LogP contribution in [0, 0.1) is 11.3 Å². The molecule has 0 saturated carbocycles. The molecule has 0 saturated heterocycles. The van der Waals surface area contributed by atoms with E-state index in [4.69, 9.17) is 4.74 Å². The molecule has 1 aromatic rings. The lowest BCUT2D eigenvalue weighted by Crippen LogP contribution is -2.47. The minimum atomic E-state index is -0.0222. The van der Waals surface area contributed by atoms with Crippen LogP contribution in [-0.4, -0.2) is 26.2 Å². The number of ether oxygens (including phenoxy) is 1. The van der Waals surface area contributed by atoms with E-state index in [2.05, 4.69) is 39.1 Å². The first-order valence-electron chi connectivity index (χ1n) is 7.52. The van der Waals surface area contributed by atoms with Gasteiger partial charge < -0.3 is 10.1 Å². The summed E-state index contributed by atoms with van der Waals surface area (Å²) in [5.74, 6) is 1.25. The highest BCUT2D eigenvalue weighted by Gasteiger charge is 2.27. The molecule has 1 aliphatic rings. The molecule has 0 radical (unpaired) electrons. The van der Waals surface area contributed by atoms with E-state index < -0.39 is 0 Å². The lowest BCUT2D eigenvalue weighted by atomic mass is 9.94. The fourth-order valence-electron chi connectivity index (χ4n) is 2.57. The summed E-state index contributed by atoms with van der Waals surface area (Å²) in [6, 6.07) is 5.96. The Hall–Kier alpha value is -1.71. The Labute approximate surface area is 127 Å². The van der Waals surface area contributed by atoms with Crippen molar-refractivity contribution in [2.75, 3.05) is 25.1 Å². The van der Waals surface area contributed by atoms with Crippen molar-refractivity contribution in [3.8, 4) is 5.75 Å². The van der Waals surface area contributed by atoms with Crippen LogP contribution < -0.4 is 15.0 Å². The summed E-state index contributed by atoms with van der Waals surface area (Å²) in [4.78, 5) is 14.4. The van der Waals surface area contributed by atoms with Crippen LogP contribution in [0.5, 0.6) is 5.75 Å². The molecule has 0 aliphatic carbocycles. The highest BCUT2D eigenvalue weighted by molar-refractivity contribution is 5.93. The zero-order valence-electron chi connectivity index (χ0n) is 13.7. The van der Waals surface area contributed by atoms with Gasteiger partial charge in [-0.2, -0.15) is 0 Å². The maximum atomic E-state index is 12.5. The van der Waals surface area contributed by atoms with Crippen LogP contribution in [0.3, 0.4) is 0 Å². The van der Waals surface area contributed by atoms with Crippen molar-refractivity contribution in [2.24, 2.45) is 11.3 Å². The smallest absolute Gasteiger partial charge is 0.321 e. The molecule has 4 nitrogen and oxygen atoms in total. The topological polar surface area (TPSA) is 41.6 Å². The number of hydrogen-bond donors (Lipinski definition) is 1. The highest BCUT2D eigenvalue weighted by atomic mass is 16.5. The van der Waals surface area contributed by atoms with Gasteiger partial charge in [-0.05, 0) is 29.4 Å². The predicted octanol–water partition coefficient (Wildman–Crippen LogP) is 3.45. The zero-order valence-corrected chi connectivity index (χ0v) is 13.7. The lowest BCUT2D eigenvalue weighted by molar-refractivity contribution is 0.239. The average molecular weight is 290 g/mol. The van der Waals surface area contributed by atoms with Gasteiger partial charge in [-0.3, -0.25) is 4.90 Å². The minimum Gasteiger partial charge on any atom is -0.497 e. The molecule has 1 aliphatic heterocycles. The molecule has 2 amide bonds. The van der Waals surface area contributed by atoms with Crippen LogP contribution in [-0.2, 0) is 6.42 Å². The van der Waals surface area contributed by atoms with Gasteiger partial charge in [0.1, 0.15) is 5.75 Å². The number of hydrogen-bond acceptors (Lipinski definition) is 2. The number of carbonyl (C=O) groups excluding carboxylic acids is 1. The summed E-state index contributed by atoms with van der Waals surface area (Å²) in [7, 11) is 1.65. The molecule has 0 spiro atoms. The van der Waals surface area contributed by atoms with Gasteiger partial charge in [0, 0.05) is 19.2 Å². The lowest BCUT2D eigenvalue weighted by Gasteiger charge is -2.34. The number of methoxy groups -OCH3 is 1. The Morgan fingerprint density at radius 3 is 2.76 bits per heavy atom. The molecule has 4 heteroatoms. The van der Waals surface area contributed by atoms with E-state index in [1.165, 1.54) is 5.56 Å². The van der Waals surface area contributed by atoms with E-state index in [9.17, 15) is 4.79 Å². The van der Waals surface area contributed by atoms with Gasteiger partial charge in [0.2, 0.25) is 0 Å². The summed E-state index contributed by atoms with van der Waals surface area (Å²) in [6.45, 7) is 9.93. The predicted molar refractivity (Wildman–Crippen MR) is 86.1 cm³/mol. The molecular formula is C17H26N2O2. The molecule has 1 heterocycles. The van der Waals surface area contributed by atoms with E-state index in [0.29, 0.717) is 12.5 Å². The molecule has 0 bridgehead atoms. The van der Waals surface area contributed by atoms with Crippen molar-refractivity contribution < 1.29 is 9.53 Å². The van der Waals surface area contributed by atoms with Crippen molar-refractivity contribution in [1.29, 1.82) is 0 Å². The van der Waals surface area contributed by atoms with E-state index in [-0.39, 0.29) is 11.4 Å². The van der Waals surface area contributed by atoms with E-state index in [0.717, 1.165) is 24.4 Å². The first-order chi connectivity index (χ1) is 9.80. The van der Waals surface area contributed by atoms with Crippen LogP contribution in [0.4, 0.5) is 10.5 Å². The summed E-state index contributed by atoms with van der Waals surface area (Å²) in [5.41, 5.74) is 2.26. The molecule has 2 rings (SSSR count). The quantitative estimate of drug-likeness (QED) is 0.906. The number of benzene rings is 1. The minimum absolute atomic E-state index is 0.0222. The summed E-state index contributed by atoms with van der Waals surface area (Å²) in [5, 5.41) is 3.04. The molecule has 0 fully saturated rings. The van der Waals surface area contributed by atoms with Gasteiger partial charge in [-0.15, -0.1) is 0 Å². The molecule has 1 N–H and O–H groups in total. The van der Waals surface area contributed by atoms with Crippen molar-refractivity contribution in [1.82, 2.24) is 5.32 Å². The van der Waals surface area contributed by atoms with Gasteiger partial charge in [0.05, 0.1) is 12.8 Å². The third kappa shape index (κ3) is 3.90. The number of rotatable bonds is 2. The van der Waals surface area contributed by atoms with Gasteiger partial charge in [-0.25, -0.2) is 4.79 Å². The molecule has 0 aromatic heterocycles. The number of carbonyl (C=O) groups is 1. The van der Waals surface area contributed by atoms with E-state index >= 15 is 0 Å². The molecule has 1 unspecified atom stereocenters. The largest absolute Gasteiger partial charge is 0.497 e. The normalized spacial score (nSPS) is 18.1. The first-order valence-corrected chi connectivity index (χ1v) is 7.52. The molecule has 1 aromatic carbocycles. The summed E-state index contributed by atoms with van der Waals surface area (Å²) in [6.07, 6.45) is 1.00. The van der Waals surface area contributed by atoms with Gasteiger partial charge in [-0.1, -0.05) is 33.8 Å². The number of nitrogens with one attached hydrogen (secondary N) is 1. The van der Waals surface area contributed by atoms with Crippen LogP contribution >= 0.6 is 0 Å². The fraction of sp³-hybridized carbons (Fsp3) is 0.588. The fourth-order valence-corrected chi connectivity index (χ4v) is 2.57. The van der Waals surface area contributed by atoms with Crippen LogP contribution in [0.2, 0.25) is 0 Å². The number of urea groups is 1. The Morgan fingerprint density at radius 1 is 1.43 bits per heavy atom. The van der Waals surface area contributed by atoms with Gasteiger partial charge >= 0.3 is 6.03 Å². The third-order valence-electron chi connectivity index (χ3n) is 3.66. The molecular weight excluding hydrogens is 264 g/mol. The van der Waals surface area contributed by atoms with Crippen molar-refractivity contribution in [2.45, 2.75) is 34.1 Å². The van der Waals surface area contributed by atoms with Gasteiger partial charge in [0.25, 0.3) is 0 Å². The van der Waals surface area contributed by atoms with Crippen molar-refractivity contribution in [3.05, 3.63) is 23.8 Å². The number of anilines is 1. The Balaban J connectivity index is 2.22. The maximum absolute atomic E-state index is 12.5. The van der Waals surface area contributed by atoms with Crippen LogP contribution in [0.15, 0.2) is 18.2 Å². The van der Waals surface area contributed by atoms with Gasteiger partial charge in [0.15, 0.2) is 0 Å². The molecule has 1 atom stereocenters. The maximum Gasteiger partial charge on any atom is 0.321 e. The number of nitrogens with zero attached hydrogens (tertiary/aromatic N) is 1. The third-order valence-corrected chi connectivity index (χ3v) is 3.66. The summed E-state index contributed by atoms with van der Waals surface area (Å²) < 4.78 is 5.29. The Bertz CT molecular complexity index is 520. The first kappa shape index (κ1) is 15.7. The monoisotopic (exact) mass is 290 g/mol. The number of amides is 2. The Kier molecular flexibility index (Phi) is 4.45. The van der Waals surface area contributed by atoms with E-state index in [1.54, 1.807) is 7.11 Å². The van der Waals surface area contributed by atoms with E-state index in [1.807, 2.05) is 17.0 Å². The highest BCUT2D eigenvalue weighted by Crippen LogP contribution is 2.33. The van der Waals surface area contributed by atoms with Crippen molar-refractivity contribution in [3.63, 3.8) is 0 Å². The second kappa shape index (κ2) is 5.96. The SMILES string of the molecule is COc1ccc2c(c1)N(C(=O)NCC(C)(C)C)CC(C)C2. The van der Waals surface area contributed by atoms with Crippen LogP contribution in [0.1, 0.15) is 33.3 Å². The molecule has 116 valence electrons. The average Bonchev–Trinajstić information content (AvgIpc) is 2.42. The van der Waals surface area contributed by atoms with Crippen LogP contribution in [0.25, 0.3) is 0 Å². The number of fused-ring (bicyclic) bond motifs is 1. The second-order valence-corrected chi connectivity index (χ2v) is 7.13. The zero-order chi connectivity index (χ0) is 15.6. The standard InChI is InChI=1S/C17H26N2O2/c1-12-8-13-6-7-14(21-5)9-15(13)19(10-12)16(20)18-11-17(2,3)4/h6-7,9,12H,8,10-11H2,1-5H3,(H,18,20). The Morgan fingerprint density at radius 2 is 2.14 bits per heavy atom. The molecule has 21 heavy (non-hydrogen) atoms. The van der Waals surface area contributed by atoms with Crippen molar-refractivity contribution >= 4 is 11.7 Å².